The summed E-state index contributed by atoms with van der Waals surface area (Å²) in [6, 6.07) is 6.69. The molecule has 0 aromatic carbocycles. The van der Waals surface area contributed by atoms with Crippen LogP contribution >= 0.6 is 0 Å². The highest BCUT2D eigenvalue weighted by atomic mass is 15.3. The Morgan fingerprint density at radius 2 is 2.15 bits per heavy atom. The number of nitrogens with zero attached hydrogens (tertiary/aromatic N) is 4. The number of pyridine rings is 1. The minimum atomic E-state index is 0.112. The van der Waals surface area contributed by atoms with E-state index in [0.29, 0.717) is 0 Å². The normalized spacial score (nSPS) is 18.6. The van der Waals surface area contributed by atoms with E-state index in [4.69, 9.17) is 0 Å². The first-order valence-corrected chi connectivity index (χ1v) is 7.58. The van der Waals surface area contributed by atoms with Crippen molar-refractivity contribution in [2.75, 3.05) is 32.7 Å². The summed E-state index contributed by atoms with van der Waals surface area (Å²) in [6.45, 7) is 7.42. The Bertz CT molecular complexity index is 418. The number of piperazine rings is 1. The summed E-state index contributed by atoms with van der Waals surface area (Å²) in [7, 11) is 0. The summed E-state index contributed by atoms with van der Waals surface area (Å²) in [5.41, 5.74) is 1.30. The van der Waals surface area contributed by atoms with Gasteiger partial charge >= 0.3 is 0 Å². The quantitative estimate of drug-likeness (QED) is 0.793. The monoisotopic (exact) mass is 272 g/mol. The smallest absolute Gasteiger partial charge is 0.0978 e. The Kier molecular flexibility index (Phi) is 5.97. The predicted molar refractivity (Wildman–Crippen MR) is 80.3 cm³/mol. The molecule has 4 nitrogen and oxygen atoms in total. The van der Waals surface area contributed by atoms with E-state index < -0.39 is 0 Å². The standard InChI is InChI=1S/C16H24N4/c1-2-4-16(13-17)20-11-9-19(10-12-20)8-6-15-5-3-7-18-14-15/h3,5,7,14,16H,2,4,6,8-12H2,1H3. The fraction of sp³-hybridized carbons (Fsp3) is 0.625. The van der Waals surface area contributed by atoms with E-state index in [1.54, 1.807) is 0 Å². The van der Waals surface area contributed by atoms with Crippen molar-refractivity contribution < 1.29 is 0 Å². The van der Waals surface area contributed by atoms with E-state index in [2.05, 4.69) is 33.8 Å². The first-order valence-electron chi connectivity index (χ1n) is 7.58. The largest absolute Gasteiger partial charge is 0.300 e. The molecule has 0 saturated carbocycles. The van der Waals surface area contributed by atoms with Gasteiger partial charge in [-0.1, -0.05) is 19.4 Å². The van der Waals surface area contributed by atoms with Crippen molar-refractivity contribution in [3.63, 3.8) is 0 Å². The minimum Gasteiger partial charge on any atom is -0.300 e. The molecular formula is C16H24N4. The van der Waals surface area contributed by atoms with Crippen molar-refractivity contribution in [2.45, 2.75) is 32.2 Å². The molecule has 1 aromatic heterocycles. The van der Waals surface area contributed by atoms with Crippen molar-refractivity contribution in [1.29, 1.82) is 5.26 Å². The van der Waals surface area contributed by atoms with Crippen molar-refractivity contribution in [3.8, 4) is 6.07 Å². The summed E-state index contributed by atoms with van der Waals surface area (Å²) in [5, 5.41) is 9.22. The molecule has 1 aliphatic heterocycles. The summed E-state index contributed by atoms with van der Waals surface area (Å²) in [5.74, 6) is 0. The predicted octanol–water partition coefficient (Wildman–Crippen LogP) is 1.93. The maximum Gasteiger partial charge on any atom is 0.0978 e. The topological polar surface area (TPSA) is 43.2 Å². The van der Waals surface area contributed by atoms with Gasteiger partial charge in [0.1, 0.15) is 0 Å². The fourth-order valence-electron chi connectivity index (χ4n) is 2.73. The van der Waals surface area contributed by atoms with E-state index in [1.807, 2.05) is 18.5 Å². The van der Waals surface area contributed by atoms with Gasteiger partial charge in [0.25, 0.3) is 0 Å². The number of aromatic nitrogens is 1. The summed E-state index contributed by atoms with van der Waals surface area (Å²) >= 11 is 0. The second-order valence-corrected chi connectivity index (χ2v) is 5.42. The Morgan fingerprint density at radius 1 is 1.35 bits per heavy atom. The molecule has 1 aliphatic rings. The lowest BCUT2D eigenvalue weighted by Gasteiger charge is -2.36. The molecule has 2 heterocycles. The van der Waals surface area contributed by atoms with Crippen LogP contribution in [0.2, 0.25) is 0 Å². The van der Waals surface area contributed by atoms with Gasteiger partial charge in [0.15, 0.2) is 0 Å². The zero-order valence-corrected chi connectivity index (χ0v) is 12.3. The molecular weight excluding hydrogens is 248 g/mol. The van der Waals surface area contributed by atoms with Crippen molar-refractivity contribution in [2.24, 2.45) is 0 Å². The van der Waals surface area contributed by atoms with Crippen molar-refractivity contribution >= 4 is 0 Å². The van der Waals surface area contributed by atoms with Crippen LogP contribution in [0, 0.1) is 11.3 Å². The van der Waals surface area contributed by atoms with Crippen LogP contribution in [0.15, 0.2) is 24.5 Å². The lowest BCUT2D eigenvalue weighted by molar-refractivity contribution is 0.111. The lowest BCUT2D eigenvalue weighted by Crippen LogP contribution is -2.50. The average Bonchev–Trinajstić information content (AvgIpc) is 2.52. The summed E-state index contributed by atoms with van der Waals surface area (Å²) in [4.78, 5) is 8.98. The molecule has 4 heteroatoms. The van der Waals surface area contributed by atoms with Gasteiger partial charge in [0, 0.05) is 45.1 Å². The van der Waals surface area contributed by atoms with E-state index in [9.17, 15) is 5.26 Å². The van der Waals surface area contributed by atoms with Gasteiger partial charge in [0.2, 0.25) is 0 Å². The SMILES string of the molecule is CCCC(C#N)N1CCN(CCc2cccnc2)CC1. The molecule has 0 bridgehead atoms. The third kappa shape index (κ3) is 4.29. The van der Waals surface area contributed by atoms with Crippen LogP contribution < -0.4 is 0 Å². The third-order valence-corrected chi connectivity index (χ3v) is 4.00. The van der Waals surface area contributed by atoms with Gasteiger partial charge in [0.05, 0.1) is 12.1 Å². The molecule has 1 unspecified atom stereocenters. The highest BCUT2D eigenvalue weighted by molar-refractivity contribution is 5.08. The van der Waals surface area contributed by atoms with E-state index in [0.717, 1.165) is 52.0 Å². The van der Waals surface area contributed by atoms with Gasteiger partial charge in [-0.25, -0.2) is 0 Å². The molecule has 108 valence electrons. The van der Waals surface area contributed by atoms with Crippen LogP contribution in [0.25, 0.3) is 0 Å². The molecule has 1 aromatic rings. The molecule has 1 atom stereocenters. The van der Waals surface area contributed by atoms with Gasteiger partial charge < -0.3 is 4.90 Å². The van der Waals surface area contributed by atoms with Gasteiger partial charge in [-0.2, -0.15) is 5.26 Å². The van der Waals surface area contributed by atoms with Crippen molar-refractivity contribution in [3.05, 3.63) is 30.1 Å². The maximum atomic E-state index is 9.22. The van der Waals surface area contributed by atoms with Crippen LogP contribution in [-0.2, 0) is 6.42 Å². The average molecular weight is 272 g/mol. The van der Waals surface area contributed by atoms with Crippen LogP contribution in [0.1, 0.15) is 25.3 Å². The van der Waals surface area contributed by atoms with Gasteiger partial charge in [-0.3, -0.25) is 9.88 Å². The zero-order chi connectivity index (χ0) is 14.2. The Balaban J connectivity index is 1.73. The van der Waals surface area contributed by atoms with Crippen LogP contribution in [-0.4, -0.2) is 53.5 Å². The van der Waals surface area contributed by atoms with Crippen LogP contribution in [0.4, 0.5) is 0 Å². The summed E-state index contributed by atoms with van der Waals surface area (Å²) in [6.07, 6.45) is 6.90. The van der Waals surface area contributed by atoms with Crippen LogP contribution in [0.5, 0.6) is 0 Å². The lowest BCUT2D eigenvalue weighted by atomic mass is 10.1. The molecule has 1 fully saturated rings. The zero-order valence-electron chi connectivity index (χ0n) is 12.3. The molecule has 1 saturated heterocycles. The fourth-order valence-corrected chi connectivity index (χ4v) is 2.73. The van der Waals surface area contributed by atoms with Crippen molar-refractivity contribution in [1.82, 2.24) is 14.8 Å². The minimum absolute atomic E-state index is 0.112. The number of rotatable bonds is 6. The molecule has 0 N–H and O–H groups in total. The molecule has 0 amide bonds. The number of nitriles is 1. The highest BCUT2D eigenvalue weighted by Crippen LogP contribution is 2.11. The molecule has 0 aliphatic carbocycles. The molecule has 20 heavy (non-hydrogen) atoms. The number of hydrogen-bond donors (Lipinski definition) is 0. The first-order chi connectivity index (χ1) is 9.83. The van der Waals surface area contributed by atoms with Gasteiger partial charge in [-0.05, 0) is 24.5 Å². The molecule has 0 radical (unpaired) electrons. The van der Waals surface area contributed by atoms with Crippen LogP contribution in [0.3, 0.4) is 0 Å². The Morgan fingerprint density at radius 3 is 2.75 bits per heavy atom. The second kappa shape index (κ2) is 7.98. The van der Waals surface area contributed by atoms with E-state index >= 15 is 0 Å². The van der Waals surface area contributed by atoms with Gasteiger partial charge in [-0.15, -0.1) is 0 Å². The van der Waals surface area contributed by atoms with E-state index in [-0.39, 0.29) is 6.04 Å². The Labute approximate surface area is 122 Å². The van der Waals surface area contributed by atoms with E-state index in [1.165, 1.54) is 5.56 Å². The summed E-state index contributed by atoms with van der Waals surface area (Å²) < 4.78 is 0. The third-order valence-electron chi connectivity index (χ3n) is 4.00. The highest BCUT2D eigenvalue weighted by Gasteiger charge is 2.22. The number of hydrogen-bond acceptors (Lipinski definition) is 4. The Hall–Kier alpha value is -1.44. The molecule has 0 spiro atoms. The first kappa shape index (κ1) is 15.0. The maximum absolute atomic E-state index is 9.22. The molecule has 2 rings (SSSR count). The second-order valence-electron chi connectivity index (χ2n) is 5.42.